The molecule has 1 amide bonds. The Morgan fingerprint density at radius 3 is 2.57 bits per heavy atom. The van der Waals surface area contributed by atoms with E-state index >= 15 is 0 Å². The van der Waals surface area contributed by atoms with E-state index in [1.165, 1.54) is 6.92 Å². The molecule has 1 aliphatic rings. The quantitative estimate of drug-likeness (QED) is 0.356. The van der Waals surface area contributed by atoms with Gasteiger partial charge in [0.1, 0.15) is 6.10 Å². The van der Waals surface area contributed by atoms with Gasteiger partial charge in [0.15, 0.2) is 0 Å². The average molecular weight is 304 g/mol. The lowest BCUT2D eigenvalue weighted by Crippen LogP contribution is -2.61. The van der Waals surface area contributed by atoms with Crippen LogP contribution in [0.2, 0.25) is 0 Å². The van der Waals surface area contributed by atoms with Gasteiger partial charge in [-0.05, 0) is 32.2 Å². The molecule has 0 unspecified atom stereocenters. The Bertz CT molecular complexity index is 316. The number of unbranched alkanes of at least 4 members (excludes halogenated alkanes) is 2. The zero-order chi connectivity index (χ0) is 15.8. The molecule has 0 aromatic rings. The summed E-state index contributed by atoms with van der Waals surface area (Å²) in [7, 11) is 0. The van der Waals surface area contributed by atoms with Crippen LogP contribution in [0.25, 0.3) is 0 Å². The molecular weight excluding hydrogens is 276 g/mol. The molecule has 0 aromatic carbocycles. The molecule has 21 heavy (non-hydrogen) atoms. The molecule has 0 bridgehead atoms. The number of amides is 1. The smallest absolute Gasteiger partial charge is 0.217 e. The number of aliphatic hydroxyl groups is 3. The summed E-state index contributed by atoms with van der Waals surface area (Å²) in [5, 5.41) is 32.0. The first-order valence-electron chi connectivity index (χ1n) is 7.57. The van der Waals surface area contributed by atoms with E-state index in [0.717, 1.165) is 19.3 Å². The predicted octanol–water partition coefficient (Wildman–Crippen LogP) is -1.26. The molecule has 0 radical (unpaired) electrons. The van der Waals surface area contributed by atoms with Crippen molar-refractivity contribution in [1.82, 2.24) is 5.32 Å². The standard InChI is InChI=1S/C14H28N2O5/c1-9(18)16-12-11(21-6-4-2-3-5-15)7-10(8-17)13(19)14(12)20/h10-14,17,19-20H,2-8,15H2,1H3,(H,16,18)/t10-,11-,12+,13+,14-/m1/s1. The number of ether oxygens (including phenoxy) is 1. The molecule has 6 N–H and O–H groups in total. The summed E-state index contributed by atoms with van der Waals surface area (Å²) >= 11 is 0. The molecule has 1 aliphatic carbocycles. The number of rotatable bonds is 8. The van der Waals surface area contributed by atoms with Crippen molar-refractivity contribution in [2.45, 2.75) is 57.0 Å². The molecule has 1 rings (SSSR count). The van der Waals surface area contributed by atoms with Crippen LogP contribution in [-0.4, -0.2) is 65.3 Å². The second kappa shape index (κ2) is 9.32. The van der Waals surface area contributed by atoms with Gasteiger partial charge < -0.3 is 31.1 Å². The van der Waals surface area contributed by atoms with E-state index in [9.17, 15) is 20.1 Å². The van der Waals surface area contributed by atoms with E-state index < -0.39 is 30.3 Å². The van der Waals surface area contributed by atoms with Gasteiger partial charge in [0.05, 0.1) is 18.2 Å². The van der Waals surface area contributed by atoms with Crippen LogP contribution in [0.5, 0.6) is 0 Å². The van der Waals surface area contributed by atoms with E-state index in [1.54, 1.807) is 0 Å². The minimum atomic E-state index is -1.14. The first-order valence-corrected chi connectivity index (χ1v) is 7.57. The Hall–Kier alpha value is -0.730. The maximum Gasteiger partial charge on any atom is 0.217 e. The third-order valence-electron chi connectivity index (χ3n) is 3.92. The van der Waals surface area contributed by atoms with Crippen LogP contribution in [0.15, 0.2) is 0 Å². The van der Waals surface area contributed by atoms with Crippen LogP contribution in [0.3, 0.4) is 0 Å². The molecular formula is C14H28N2O5. The van der Waals surface area contributed by atoms with Crippen molar-refractivity contribution in [3.8, 4) is 0 Å². The minimum absolute atomic E-state index is 0.224. The number of aliphatic hydroxyl groups excluding tert-OH is 3. The lowest BCUT2D eigenvalue weighted by molar-refractivity contribution is -0.142. The van der Waals surface area contributed by atoms with Crippen molar-refractivity contribution in [2.24, 2.45) is 11.7 Å². The fourth-order valence-corrected chi connectivity index (χ4v) is 2.72. The number of nitrogens with one attached hydrogen (secondary N) is 1. The van der Waals surface area contributed by atoms with Crippen LogP contribution in [0.4, 0.5) is 0 Å². The van der Waals surface area contributed by atoms with Gasteiger partial charge in [0.25, 0.3) is 0 Å². The highest BCUT2D eigenvalue weighted by molar-refractivity contribution is 5.73. The summed E-state index contributed by atoms with van der Waals surface area (Å²) in [5.74, 6) is -0.732. The van der Waals surface area contributed by atoms with Crippen LogP contribution < -0.4 is 11.1 Å². The van der Waals surface area contributed by atoms with Crippen molar-refractivity contribution in [1.29, 1.82) is 0 Å². The lowest BCUT2D eigenvalue weighted by atomic mass is 9.79. The normalized spacial score (nSPS) is 32.9. The highest BCUT2D eigenvalue weighted by atomic mass is 16.5. The maximum atomic E-state index is 11.3. The second-order valence-corrected chi connectivity index (χ2v) is 5.64. The number of carbonyl (C=O) groups is 1. The maximum absolute atomic E-state index is 11.3. The largest absolute Gasteiger partial charge is 0.396 e. The Balaban J connectivity index is 2.58. The van der Waals surface area contributed by atoms with Crippen molar-refractivity contribution >= 4 is 5.91 Å². The zero-order valence-electron chi connectivity index (χ0n) is 12.6. The van der Waals surface area contributed by atoms with Gasteiger partial charge in [-0.25, -0.2) is 0 Å². The van der Waals surface area contributed by atoms with E-state index in [4.69, 9.17) is 10.5 Å². The number of hydrogen-bond donors (Lipinski definition) is 5. The summed E-state index contributed by atoms with van der Waals surface area (Å²) in [5.41, 5.74) is 5.42. The molecule has 7 nitrogen and oxygen atoms in total. The third-order valence-corrected chi connectivity index (χ3v) is 3.92. The van der Waals surface area contributed by atoms with Gasteiger partial charge >= 0.3 is 0 Å². The highest BCUT2D eigenvalue weighted by Gasteiger charge is 2.44. The zero-order valence-corrected chi connectivity index (χ0v) is 12.6. The molecule has 0 aromatic heterocycles. The molecule has 7 heteroatoms. The van der Waals surface area contributed by atoms with Gasteiger partial charge in [-0.1, -0.05) is 0 Å². The second-order valence-electron chi connectivity index (χ2n) is 5.64. The molecule has 0 aliphatic heterocycles. The van der Waals surface area contributed by atoms with E-state index in [2.05, 4.69) is 5.32 Å². The number of hydrogen-bond acceptors (Lipinski definition) is 6. The fourth-order valence-electron chi connectivity index (χ4n) is 2.72. The first kappa shape index (κ1) is 18.3. The first-order chi connectivity index (χ1) is 10.0. The highest BCUT2D eigenvalue weighted by Crippen LogP contribution is 2.28. The van der Waals surface area contributed by atoms with Crippen LogP contribution in [0, 0.1) is 5.92 Å². The molecule has 0 saturated heterocycles. The number of nitrogens with two attached hydrogens (primary N) is 1. The van der Waals surface area contributed by atoms with Crippen molar-refractivity contribution < 1.29 is 24.9 Å². The van der Waals surface area contributed by atoms with Crippen LogP contribution in [0.1, 0.15) is 32.6 Å². The van der Waals surface area contributed by atoms with E-state index in [0.29, 0.717) is 19.6 Å². The van der Waals surface area contributed by atoms with Gasteiger partial charge in [-0.2, -0.15) is 0 Å². The van der Waals surface area contributed by atoms with Gasteiger partial charge in [0, 0.05) is 26.1 Å². The molecule has 124 valence electrons. The Kier molecular flexibility index (Phi) is 8.13. The average Bonchev–Trinajstić information content (AvgIpc) is 2.45. The molecule has 1 saturated carbocycles. The molecule has 0 spiro atoms. The fraction of sp³-hybridized carbons (Fsp3) is 0.929. The van der Waals surface area contributed by atoms with Crippen LogP contribution >= 0.6 is 0 Å². The van der Waals surface area contributed by atoms with Crippen molar-refractivity contribution in [3.05, 3.63) is 0 Å². The van der Waals surface area contributed by atoms with E-state index in [-0.39, 0.29) is 12.5 Å². The van der Waals surface area contributed by atoms with Crippen molar-refractivity contribution in [2.75, 3.05) is 19.8 Å². The van der Waals surface area contributed by atoms with Crippen LogP contribution in [-0.2, 0) is 9.53 Å². The SMILES string of the molecule is CC(=O)N[C@@H]1[C@@H](O)[C@@H](O)[C@@H](CO)C[C@H]1OCCCCCN. The summed E-state index contributed by atoms with van der Waals surface area (Å²) in [6.45, 7) is 2.28. The number of carbonyl (C=O) groups excluding carboxylic acids is 1. The summed E-state index contributed by atoms with van der Waals surface area (Å²) < 4.78 is 5.76. The molecule has 5 atom stereocenters. The summed E-state index contributed by atoms with van der Waals surface area (Å²) in [4.78, 5) is 11.3. The van der Waals surface area contributed by atoms with E-state index in [1.807, 2.05) is 0 Å². The topological polar surface area (TPSA) is 125 Å². The predicted molar refractivity (Wildman–Crippen MR) is 77.5 cm³/mol. The van der Waals surface area contributed by atoms with Gasteiger partial charge in [-0.15, -0.1) is 0 Å². The Labute approximate surface area is 125 Å². The molecule has 1 fully saturated rings. The summed E-state index contributed by atoms with van der Waals surface area (Å²) in [6, 6.07) is -0.658. The Morgan fingerprint density at radius 1 is 1.29 bits per heavy atom. The Morgan fingerprint density at radius 2 is 2.00 bits per heavy atom. The minimum Gasteiger partial charge on any atom is -0.396 e. The third kappa shape index (κ3) is 5.52. The van der Waals surface area contributed by atoms with Gasteiger partial charge in [0.2, 0.25) is 5.91 Å². The van der Waals surface area contributed by atoms with Crippen molar-refractivity contribution in [3.63, 3.8) is 0 Å². The lowest BCUT2D eigenvalue weighted by Gasteiger charge is -2.42. The summed E-state index contributed by atoms with van der Waals surface area (Å²) in [6.07, 6.45) is 0.520. The molecule has 0 heterocycles. The monoisotopic (exact) mass is 304 g/mol. The van der Waals surface area contributed by atoms with Gasteiger partial charge in [-0.3, -0.25) is 4.79 Å².